The van der Waals surface area contributed by atoms with Crippen LogP contribution < -0.4 is 10.2 Å². The minimum absolute atomic E-state index is 0.0271. The molecular formula is C17H17ClF3N3O3. The SMILES string of the molecule is CCC1(C(C)C(=O)O)N=C2C(=O)Nc3cc(C(F)(F)F)c(Cl)cc3N2C1C. The van der Waals surface area contributed by atoms with E-state index in [1.807, 2.05) is 0 Å². The molecule has 2 aliphatic heterocycles. The molecule has 2 N–H and O–H groups in total. The Balaban J connectivity index is 2.18. The maximum Gasteiger partial charge on any atom is 0.417 e. The Morgan fingerprint density at radius 1 is 1.48 bits per heavy atom. The van der Waals surface area contributed by atoms with Gasteiger partial charge in [-0.05, 0) is 32.4 Å². The average Bonchev–Trinajstić information content (AvgIpc) is 2.88. The van der Waals surface area contributed by atoms with Crippen LogP contribution in [0.1, 0.15) is 32.8 Å². The number of aliphatic imine (C=N–C) groups is 1. The molecular weight excluding hydrogens is 387 g/mol. The number of hydrogen-bond donors (Lipinski definition) is 2. The number of nitrogens with zero attached hydrogens (tertiary/aromatic N) is 2. The Kier molecular flexibility index (Phi) is 4.41. The molecule has 27 heavy (non-hydrogen) atoms. The summed E-state index contributed by atoms with van der Waals surface area (Å²) in [5, 5.41) is 11.4. The Labute approximate surface area is 158 Å². The Morgan fingerprint density at radius 3 is 2.63 bits per heavy atom. The average molecular weight is 404 g/mol. The fourth-order valence-corrected chi connectivity index (χ4v) is 4.11. The lowest BCUT2D eigenvalue weighted by atomic mass is 9.78. The van der Waals surface area contributed by atoms with E-state index in [2.05, 4.69) is 10.3 Å². The predicted molar refractivity (Wildman–Crippen MR) is 94.3 cm³/mol. The monoisotopic (exact) mass is 403 g/mol. The van der Waals surface area contributed by atoms with Gasteiger partial charge < -0.3 is 15.3 Å². The van der Waals surface area contributed by atoms with Gasteiger partial charge in [0, 0.05) is 0 Å². The molecule has 0 spiro atoms. The van der Waals surface area contributed by atoms with E-state index in [1.165, 1.54) is 11.8 Å². The van der Waals surface area contributed by atoms with E-state index in [-0.39, 0.29) is 17.2 Å². The lowest BCUT2D eigenvalue weighted by Crippen LogP contribution is -2.53. The van der Waals surface area contributed by atoms with Crippen molar-refractivity contribution in [2.45, 2.75) is 44.9 Å². The molecule has 1 aromatic rings. The number of carboxylic acid groups (broad SMARTS) is 1. The highest BCUT2D eigenvalue weighted by atomic mass is 35.5. The number of carbonyl (C=O) groups excluding carboxylic acids is 1. The summed E-state index contributed by atoms with van der Waals surface area (Å²) >= 11 is 5.84. The van der Waals surface area contributed by atoms with Gasteiger partial charge in [-0.25, -0.2) is 0 Å². The first-order chi connectivity index (χ1) is 12.4. The van der Waals surface area contributed by atoms with Gasteiger partial charge in [0.15, 0.2) is 5.84 Å². The number of benzene rings is 1. The number of alkyl halides is 3. The lowest BCUT2D eigenvalue weighted by Gasteiger charge is -2.39. The fourth-order valence-electron chi connectivity index (χ4n) is 3.85. The zero-order chi connectivity index (χ0) is 20.3. The summed E-state index contributed by atoms with van der Waals surface area (Å²) in [6, 6.07) is 1.34. The number of hydrogen-bond acceptors (Lipinski definition) is 4. The van der Waals surface area contributed by atoms with Crippen molar-refractivity contribution < 1.29 is 27.9 Å². The first-order valence-electron chi connectivity index (χ1n) is 8.28. The Hall–Kier alpha value is -2.29. The molecule has 0 radical (unpaired) electrons. The van der Waals surface area contributed by atoms with Crippen molar-refractivity contribution >= 4 is 40.7 Å². The summed E-state index contributed by atoms with van der Waals surface area (Å²) in [4.78, 5) is 30.0. The highest BCUT2D eigenvalue weighted by Gasteiger charge is 2.54. The molecule has 2 heterocycles. The van der Waals surface area contributed by atoms with Gasteiger partial charge in [-0.1, -0.05) is 18.5 Å². The van der Waals surface area contributed by atoms with E-state index in [9.17, 15) is 27.9 Å². The van der Waals surface area contributed by atoms with Gasteiger partial charge in [-0.2, -0.15) is 13.2 Å². The second-order valence-corrected chi connectivity index (χ2v) is 7.09. The lowest BCUT2D eigenvalue weighted by molar-refractivity contribution is -0.143. The van der Waals surface area contributed by atoms with Crippen LogP contribution in [0.3, 0.4) is 0 Å². The molecule has 146 valence electrons. The molecule has 6 nitrogen and oxygen atoms in total. The maximum atomic E-state index is 13.1. The van der Waals surface area contributed by atoms with E-state index in [0.29, 0.717) is 6.42 Å². The zero-order valence-electron chi connectivity index (χ0n) is 14.7. The highest BCUT2D eigenvalue weighted by molar-refractivity contribution is 6.50. The van der Waals surface area contributed by atoms with E-state index < -0.39 is 46.1 Å². The van der Waals surface area contributed by atoms with Crippen LogP contribution in [0.4, 0.5) is 24.5 Å². The van der Waals surface area contributed by atoms with Crippen molar-refractivity contribution in [1.29, 1.82) is 0 Å². The Bertz CT molecular complexity index is 871. The van der Waals surface area contributed by atoms with Crippen molar-refractivity contribution in [2.75, 3.05) is 10.2 Å². The normalized spacial score (nSPS) is 25.4. The summed E-state index contributed by atoms with van der Waals surface area (Å²) in [6.07, 6.45) is -4.34. The van der Waals surface area contributed by atoms with Crippen molar-refractivity contribution in [1.82, 2.24) is 0 Å². The quantitative estimate of drug-likeness (QED) is 0.804. The van der Waals surface area contributed by atoms with Crippen LogP contribution in [0, 0.1) is 5.92 Å². The third kappa shape index (κ3) is 2.75. The van der Waals surface area contributed by atoms with Gasteiger partial charge in [0.1, 0.15) is 0 Å². The third-order valence-electron chi connectivity index (χ3n) is 5.44. The first kappa shape index (κ1) is 19.5. The van der Waals surface area contributed by atoms with Crippen LogP contribution in [-0.4, -0.2) is 34.4 Å². The van der Waals surface area contributed by atoms with Gasteiger partial charge in [-0.3, -0.25) is 14.6 Å². The fraction of sp³-hybridized carbons (Fsp3) is 0.471. The van der Waals surface area contributed by atoms with E-state index in [1.54, 1.807) is 13.8 Å². The van der Waals surface area contributed by atoms with Gasteiger partial charge >= 0.3 is 12.1 Å². The van der Waals surface area contributed by atoms with Crippen molar-refractivity contribution in [2.24, 2.45) is 10.9 Å². The van der Waals surface area contributed by atoms with Crippen LogP contribution in [0.2, 0.25) is 5.02 Å². The summed E-state index contributed by atoms with van der Waals surface area (Å²) in [5.74, 6) is -2.69. The predicted octanol–water partition coefficient (Wildman–Crippen LogP) is 3.79. The van der Waals surface area contributed by atoms with E-state index in [0.717, 1.165) is 12.1 Å². The number of amidine groups is 1. The molecule has 0 saturated heterocycles. The number of carboxylic acids is 1. The molecule has 2 aliphatic rings. The number of anilines is 2. The summed E-state index contributed by atoms with van der Waals surface area (Å²) in [6.45, 7) is 4.97. The minimum Gasteiger partial charge on any atom is -0.481 e. The molecule has 0 aromatic heterocycles. The molecule has 3 unspecified atom stereocenters. The third-order valence-corrected chi connectivity index (χ3v) is 5.75. The number of halogens is 4. The minimum atomic E-state index is -4.67. The number of carbonyl (C=O) groups is 2. The van der Waals surface area contributed by atoms with Gasteiger partial charge in [0.2, 0.25) is 0 Å². The maximum absolute atomic E-state index is 13.1. The van der Waals surface area contributed by atoms with Gasteiger partial charge in [0.25, 0.3) is 5.91 Å². The molecule has 0 bridgehead atoms. The number of aliphatic carboxylic acids is 1. The summed E-state index contributed by atoms with van der Waals surface area (Å²) in [7, 11) is 0. The van der Waals surface area contributed by atoms with E-state index in [4.69, 9.17) is 11.6 Å². The second-order valence-electron chi connectivity index (χ2n) is 6.69. The molecule has 3 rings (SSSR count). The standard InChI is InChI=1S/C17H17ClF3N3O3/c1-4-16(7(2)15(26)27)8(3)24-12-6-10(18)9(17(19,20)21)5-11(12)22-14(25)13(24)23-16/h5-8H,4H2,1-3H3,(H,22,25)(H,26,27). The smallest absolute Gasteiger partial charge is 0.417 e. The summed E-state index contributed by atoms with van der Waals surface area (Å²) in [5.41, 5.74) is -1.95. The molecule has 1 aromatic carbocycles. The molecule has 0 saturated carbocycles. The molecule has 3 atom stereocenters. The number of amides is 1. The molecule has 0 fully saturated rings. The van der Waals surface area contributed by atoms with E-state index >= 15 is 0 Å². The molecule has 1 amide bonds. The van der Waals surface area contributed by atoms with Gasteiger partial charge in [-0.15, -0.1) is 0 Å². The second kappa shape index (κ2) is 6.12. The number of fused-ring (bicyclic) bond motifs is 3. The number of rotatable bonds is 3. The van der Waals surface area contributed by atoms with Crippen molar-refractivity contribution in [3.63, 3.8) is 0 Å². The first-order valence-corrected chi connectivity index (χ1v) is 8.65. The largest absolute Gasteiger partial charge is 0.481 e. The van der Waals surface area contributed by atoms with Crippen LogP contribution in [-0.2, 0) is 15.8 Å². The summed E-state index contributed by atoms with van der Waals surface area (Å²) < 4.78 is 39.4. The van der Waals surface area contributed by atoms with Gasteiger partial charge in [0.05, 0.1) is 39.5 Å². The molecule has 10 heteroatoms. The topological polar surface area (TPSA) is 82.0 Å². The zero-order valence-corrected chi connectivity index (χ0v) is 15.4. The molecule has 0 aliphatic carbocycles. The van der Waals surface area contributed by atoms with Crippen molar-refractivity contribution in [3.05, 3.63) is 22.7 Å². The highest BCUT2D eigenvalue weighted by Crippen LogP contribution is 2.47. The van der Waals surface area contributed by atoms with Crippen LogP contribution in [0.25, 0.3) is 0 Å². The van der Waals surface area contributed by atoms with Crippen LogP contribution >= 0.6 is 11.6 Å². The van der Waals surface area contributed by atoms with Crippen molar-refractivity contribution in [3.8, 4) is 0 Å². The van der Waals surface area contributed by atoms with Crippen LogP contribution in [0.15, 0.2) is 17.1 Å². The number of nitrogens with one attached hydrogen (secondary N) is 1. The Morgan fingerprint density at radius 2 is 2.11 bits per heavy atom. The van der Waals surface area contributed by atoms with Crippen LogP contribution in [0.5, 0.6) is 0 Å².